The predicted molar refractivity (Wildman–Crippen MR) is 101 cm³/mol. The van der Waals surface area contributed by atoms with Crippen LogP contribution in [0.25, 0.3) is 0 Å². The van der Waals surface area contributed by atoms with Gasteiger partial charge in [0.05, 0.1) is 0 Å². The van der Waals surface area contributed by atoms with Crippen LogP contribution in [0, 0.1) is 5.41 Å². The quantitative estimate of drug-likeness (QED) is 0.418. The van der Waals surface area contributed by atoms with E-state index in [9.17, 15) is 0 Å². The van der Waals surface area contributed by atoms with E-state index in [1.54, 1.807) is 12.3 Å². The monoisotopic (exact) mass is 327 g/mol. The SMILES string of the molecule is CNc1ccnc(Nc2ccc(C=N)c(NCCCN(C)C)c2)n1. The molecule has 0 atom stereocenters. The number of hydrogen-bond acceptors (Lipinski definition) is 7. The first-order valence-electron chi connectivity index (χ1n) is 7.93. The molecule has 0 saturated carbocycles. The zero-order valence-electron chi connectivity index (χ0n) is 14.4. The van der Waals surface area contributed by atoms with E-state index in [-0.39, 0.29) is 0 Å². The van der Waals surface area contributed by atoms with Gasteiger partial charge in [-0.1, -0.05) is 0 Å². The van der Waals surface area contributed by atoms with E-state index < -0.39 is 0 Å². The predicted octanol–water partition coefficient (Wildman–Crippen LogP) is 2.62. The molecule has 1 heterocycles. The summed E-state index contributed by atoms with van der Waals surface area (Å²) in [5.74, 6) is 1.29. The molecular weight excluding hydrogens is 302 g/mol. The van der Waals surface area contributed by atoms with Crippen molar-refractivity contribution in [1.82, 2.24) is 14.9 Å². The minimum absolute atomic E-state index is 0.531. The lowest BCUT2D eigenvalue weighted by molar-refractivity contribution is 0.405. The molecule has 24 heavy (non-hydrogen) atoms. The summed E-state index contributed by atoms with van der Waals surface area (Å²) >= 11 is 0. The van der Waals surface area contributed by atoms with E-state index in [1.165, 1.54) is 6.21 Å². The first kappa shape index (κ1) is 17.7. The molecule has 0 fully saturated rings. The molecule has 7 heteroatoms. The number of hydrogen-bond donors (Lipinski definition) is 4. The number of nitrogens with one attached hydrogen (secondary N) is 4. The molecule has 0 unspecified atom stereocenters. The van der Waals surface area contributed by atoms with Gasteiger partial charge in [0, 0.05) is 42.9 Å². The topological polar surface area (TPSA) is 89.0 Å². The van der Waals surface area contributed by atoms with Crippen LogP contribution in [-0.2, 0) is 0 Å². The normalized spacial score (nSPS) is 10.5. The van der Waals surface area contributed by atoms with E-state index in [4.69, 9.17) is 5.41 Å². The Labute approximate surface area is 143 Å². The van der Waals surface area contributed by atoms with Crippen LogP contribution >= 0.6 is 0 Å². The highest BCUT2D eigenvalue weighted by Gasteiger charge is 2.04. The van der Waals surface area contributed by atoms with E-state index in [0.29, 0.717) is 5.95 Å². The van der Waals surface area contributed by atoms with E-state index in [1.807, 2.05) is 25.2 Å². The third kappa shape index (κ3) is 5.20. The maximum absolute atomic E-state index is 7.55. The van der Waals surface area contributed by atoms with Crippen LogP contribution in [0.4, 0.5) is 23.1 Å². The summed E-state index contributed by atoms with van der Waals surface area (Å²) in [7, 11) is 5.94. The van der Waals surface area contributed by atoms with E-state index in [2.05, 4.69) is 44.9 Å². The Morgan fingerprint density at radius 2 is 2.08 bits per heavy atom. The van der Waals surface area contributed by atoms with Gasteiger partial charge in [-0.25, -0.2) is 4.98 Å². The Kier molecular flexibility index (Phi) is 6.51. The number of rotatable bonds is 9. The van der Waals surface area contributed by atoms with E-state index >= 15 is 0 Å². The minimum atomic E-state index is 0.531. The summed E-state index contributed by atoms with van der Waals surface area (Å²) in [6.45, 7) is 1.88. The zero-order chi connectivity index (χ0) is 17.4. The van der Waals surface area contributed by atoms with Crippen molar-refractivity contribution in [1.29, 1.82) is 5.41 Å². The largest absolute Gasteiger partial charge is 0.384 e. The van der Waals surface area contributed by atoms with Gasteiger partial charge in [0.15, 0.2) is 0 Å². The van der Waals surface area contributed by atoms with Gasteiger partial charge in [-0.2, -0.15) is 4.98 Å². The highest BCUT2D eigenvalue weighted by atomic mass is 15.1. The molecule has 0 aliphatic rings. The molecule has 0 radical (unpaired) electrons. The van der Waals surface area contributed by atoms with Gasteiger partial charge >= 0.3 is 0 Å². The highest BCUT2D eigenvalue weighted by Crippen LogP contribution is 2.22. The van der Waals surface area contributed by atoms with Gasteiger partial charge in [0.25, 0.3) is 0 Å². The third-order valence-corrected chi connectivity index (χ3v) is 3.47. The first-order chi connectivity index (χ1) is 11.6. The maximum Gasteiger partial charge on any atom is 0.229 e. The molecule has 2 rings (SSSR count). The van der Waals surface area contributed by atoms with Crippen molar-refractivity contribution < 1.29 is 0 Å². The number of benzene rings is 1. The second kappa shape index (κ2) is 8.83. The van der Waals surface area contributed by atoms with Crippen molar-refractivity contribution >= 4 is 29.4 Å². The summed E-state index contributed by atoms with van der Waals surface area (Å²) < 4.78 is 0. The fourth-order valence-electron chi connectivity index (χ4n) is 2.22. The van der Waals surface area contributed by atoms with Crippen LogP contribution in [0.5, 0.6) is 0 Å². The highest BCUT2D eigenvalue weighted by molar-refractivity contribution is 5.87. The number of anilines is 4. The Morgan fingerprint density at radius 1 is 1.25 bits per heavy atom. The van der Waals surface area contributed by atoms with Crippen LogP contribution in [-0.4, -0.2) is 55.3 Å². The lowest BCUT2D eigenvalue weighted by atomic mass is 10.1. The van der Waals surface area contributed by atoms with Crippen LogP contribution < -0.4 is 16.0 Å². The molecule has 4 N–H and O–H groups in total. The van der Waals surface area contributed by atoms with Gasteiger partial charge in [-0.3, -0.25) is 0 Å². The molecule has 0 spiro atoms. The smallest absolute Gasteiger partial charge is 0.229 e. The molecule has 2 aromatic rings. The second-order valence-corrected chi connectivity index (χ2v) is 5.67. The van der Waals surface area contributed by atoms with Crippen molar-refractivity contribution in [2.24, 2.45) is 0 Å². The summed E-state index contributed by atoms with van der Waals surface area (Å²) in [4.78, 5) is 10.7. The summed E-state index contributed by atoms with van der Waals surface area (Å²) in [5, 5.41) is 17.1. The maximum atomic E-state index is 7.55. The van der Waals surface area contributed by atoms with Crippen molar-refractivity contribution in [3.8, 4) is 0 Å². The summed E-state index contributed by atoms with van der Waals surface area (Å²) in [5.41, 5.74) is 2.66. The molecule has 0 aliphatic heterocycles. The Bertz CT molecular complexity index is 670. The zero-order valence-corrected chi connectivity index (χ0v) is 14.4. The molecule has 0 amide bonds. The molecule has 1 aromatic carbocycles. The van der Waals surface area contributed by atoms with Gasteiger partial charge in [-0.15, -0.1) is 0 Å². The van der Waals surface area contributed by atoms with Gasteiger partial charge in [0.2, 0.25) is 5.95 Å². The lowest BCUT2D eigenvalue weighted by Crippen LogP contribution is -2.16. The van der Waals surface area contributed by atoms with Gasteiger partial charge in [0.1, 0.15) is 5.82 Å². The molecule has 1 aromatic heterocycles. The fourth-order valence-corrected chi connectivity index (χ4v) is 2.22. The standard InChI is InChI=1S/C17H25N7/c1-19-16-7-9-21-17(23-16)22-14-6-5-13(12-18)15(11-14)20-8-4-10-24(2)3/h5-7,9,11-12,18,20H,4,8,10H2,1-3H3,(H2,19,21,22,23). The van der Waals surface area contributed by atoms with Crippen molar-refractivity contribution in [3.05, 3.63) is 36.0 Å². The average Bonchev–Trinajstić information content (AvgIpc) is 2.59. The van der Waals surface area contributed by atoms with Crippen molar-refractivity contribution in [2.45, 2.75) is 6.42 Å². The second-order valence-electron chi connectivity index (χ2n) is 5.67. The molecule has 128 valence electrons. The van der Waals surface area contributed by atoms with Gasteiger partial charge in [-0.05, 0) is 51.3 Å². The summed E-state index contributed by atoms with van der Waals surface area (Å²) in [6.07, 6.45) is 4.10. The minimum Gasteiger partial charge on any atom is -0.384 e. The van der Waals surface area contributed by atoms with Crippen LogP contribution in [0.3, 0.4) is 0 Å². The van der Waals surface area contributed by atoms with Crippen molar-refractivity contribution in [3.63, 3.8) is 0 Å². The Morgan fingerprint density at radius 3 is 2.79 bits per heavy atom. The number of aromatic nitrogens is 2. The molecule has 0 aliphatic carbocycles. The summed E-state index contributed by atoms with van der Waals surface area (Å²) in [6, 6.07) is 7.61. The van der Waals surface area contributed by atoms with Gasteiger partial charge < -0.3 is 26.3 Å². The molecule has 0 saturated heterocycles. The lowest BCUT2D eigenvalue weighted by Gasteiger charge is -2.14. The first-order valence-corrected chi connectivity index (χ1v) is 7.93. The fraction of sp³-hybridized carbons (Fsp3) is 0.353. The number of nitrogens with zero attached hydrogens (tertiary/aromatic N) is 3. The average molecular weight is 327 g/mol. The Balaban J connectivity index is 2.07. The van der Waals surface area contributed by atoms with Crippen molar-refractivity contribution in [2.75, 3.05) is 50.2 Å². The Hall–Kier alpha value is -2.67. The molecular formula is C17H25N7. The van der Waals surface area contributed by atoms with Crippen LogP contribution in [0.2, 0.25) is 0 Å². The molecule has 7 nitrogen and oxygen atoms in total. The molecule has 0 bridgehead atoms. The van der Waals surface area contributed by atoms with E-state index in [0.717, 1.165) is 42.3 Å². The third-order valence-electron chi connectivity index (χ3n) is 3.47. The van der Waals surface area contributed by atoms with Crippen LogP contribution in [0.1, 0.15) is 12.0 Å². The van der Waals surface area contributed by atoms with Crippen LogP contribution in [0.15, 0.2) is 30.5 Å².